The number of carboxylic acids is 2. The lowest BCUT2D eigenvalue weighted by molar-refractivity contribution is -0.193. The van der Waals surface area contributed by atoms with E-state index < -0.39 is 24.3 Å². The van der Waals surface area contributed by atoms with Gasteiger partial charge in [-0.15, -0.1) is 0 Å². The molecule has 6 rings (SSSR count). The van der Waals surface area contributed by atoms with Gasteiger partial charge < -0.3 is 35.6 Å². The van der Waals surface area contributed by atoms with Gasteiger partial charge in [-0.3, -0.25) is 14.6 Å². The van der Waals surface area contributed by atoms with Gasteiger partial charge in [-0.2, -0.15) is 31.3 Å². The number of nitrogens with one attached hydrogen (secondary N) is 3. The first-order chi connectivity index (χ1) is 25.3. The summed E-state index contributed by atoms with van der Waals surface area (Å²) < 4.78 is 68.5. The molecule has 2 aliphatic heterocycles. The molecule has 0 spiro atoms. The fraction of sp³-hybridized carbons (Fsp3) is 0.312. The zero-order chi connectivity index (χ0) is 39.8. The maximum atomic E-state index is 13.1. The lowest BCUT2D eigenvalue weighted by Gasteiger charge is -2.17. The summed E-state index contributed by atoms with van der Waals surface area (Å²) in [6.07, 6.45) is -1.16. The Morgan fingerprint density at radius 1 is 0.963 bits per heavy atom. The second kappa shape index (κ2) is 17.2. The number of amides is 2. The number of likely N-dealkylation sites (tertiary alicyclic amines) is 1. The molecule has 3 aromatic heterocycles. The van der Waals surface area contributed by atoms with Crippen molar-refractivity contribution >= 4 is 64.2 Å². The first-order valence-electron chi connectivity index (χ1n) is 15.5. The number of pyridine rings is 1. The van der Waals surface area contributed by atoms with E-state index in [1.54, 1.807) is 18.0 Å². The van der Waals surface area contributed by atoms with Crippen LogP contribution in [0.5, 0.6) is 0 Å². The molecule has 2 aliphatic rings. The Morgan fingerprint density at radius 2 is 1.65 bits per heavy atom. The highest BCUT2D eigenvalue weighted by molar-refractivity contribution is 6.32. The fourth-order valence-electron chi connectivity index (χ4n) is 5.07. The summed E-state index contributed by atoms with van der Waals surface area (Å²) in [5, 5.41) is 27.9. The number of hydrogen-bond acceptors (Lipinski definition) is 11. The summed E-state index contributed by atoms with van der Waals surface area (Å²) in [5.41, 5.74) is 4.77. The number of carbonyl (C=O) groups excluding carboxylic acids is 2. The molecule has 22 heteroatoms. The van der Waals surface area contributed by atoms with E-state index in [-0.39, 0.29) is 17.7 Å². The molecular weight excluding hydrogens is 758 g/mol. The van der Waals surface area contributed by atoms with Crippen molar-refractivity contribution in [3.63, 3.8) is 0 Å². The normalized spacial score (nSPS) is 14.9. The number of alkyl halides is 6. The number of rotatable bonds is 4. The van der Waals surface area contributed by atoms with Crippen molar-refractivity contribution in [3.05, 3.63) is 76.5 Å². The minimum absolute atomic E-state index is 0.0746. The fourth-order valence-corrected chi connectivity index (χ4v) is 5.21. The molecule has 1 atom stereocenters. The predicted molar refractivity (Wildman–Crippen MR) is 178 cm³/mol. The van der Waals surface area contributed by atoms with E-state index >= 15 is 0 Å². The van der Waals surface area contributed by atoms with E-state index in [0.717, 1.165) is 41.0 Å². The second-order valence-corrected chi connectivity index (χ2v) is 12.1. The lowest BCUT2D eigenvalue weighted by atomic mass is 10.0. The maximum absolute atomic E-state index is 13.1. The highest BCUT2D eigenvalue weighted by atomic mass is 35.5. The van der Waals surface area contributed by atoms with Crippen molar-refractivity contribution < 1.29 is 60.3 Å². The number of anilines is 5. The maximum Gasteiger partial charge on any atom is 0.490 e. The summed E-state index contributed by atoms with van der Waals surface area (Å²) >= 11 is 6.36. The van der Waals surface area contributed by atoms with Gasteiger partial charge in [0.2, 0.25) is 11.9 Å². The molecule has 2 amide bonds. The van der Waals surface area contributed by atoms with Crippen molar-refractivity contribution in [1.82, 2.24) is 25.0 Å². The Kier molecular flexibility index (Phi) is 13.0. The van der Waals surface area contributed by atoms with Gasteiger partial charge in [0, 0.05) is 37.1 Å². The number of nitrogens with zero attached hydrogens (tertiary/aromatic N) is 5. The Morgan fingerprint density at radius 3 is 2.28 bits per heavy atom. The molecule has 0 unspecified atom stereocenters. The van der Waals surface area contributed by atoms with E-state index in [1.807, 2.05) is 30.5 Å². The van der Waals surface area contributed by atoms with Crippen LogP contribution in [0.25, 0.3) is 0 Å². The number of benzene rings is 1. The van der Waals surface area contributed by atoms with Crippen LogP contribution in [0.15, 0.2) is 53.6 Å². The number of carbonyl (C=O) groups is 4. The van der Waals surface area contributed by atoms with E-state index in [1.165, 1.54) is 12.4 Å². The first kappa shape index (κ1) is 40.8. The molecule has 1 aromatic carbocycles. The van der Waals surface area contributed by atoms with Crippen molar-refractivity contribution in [2.75, 3.05) is 29.0 Å². The lowest BCUT2D eigenvalue weighted by Crippen LogP contribution is -2.29. The Labute approximate surface area is 305 Å². The van der Waals surface area contributed by atoms with Crippen LogP contribution in [0, 0.1) is 12.8 Å². The van der Waals surface area contributed by atoms with E-state index in [0.29, 0.717) is 54.0 Å². The summed E-state index contributed by atoms with van der Waals surface area (Å²) in [7, 11) is 0. The second-order valence-electron chi connectivity index (χ2n) is 11.7. The Balaban J connectivity index is 0.000000396. The molecular formula is C32H29ClF6N8O7. The van der Waals surface area contributed by atoms with Crippen LogP contribution in [0.2, 0.25) is 5.02 Å². The standard InChI is InChI=1S/C28H27ClN8O3.2C2HF3O2/c1-16-22(13-32-40-16)27(39)37-7-6-18(15-37)9-25(38)35-24-5-4-20-10-19(24)3-2-17-8-21(12-30-11-17)34-28-31-14-23(29)26(33-20)36-28;2*3-2(4,5)1(6)7/h4-5,8,10-14,18H,2-3,6-7,9,15H2,1H3,(H,35,38)(H2,31,33,34,36);2*(H,6,7)/t18-;;/m1../s1. The van der Waals surface area contributed by atoms with Gasteiger partial charge in [0.25, 0.3) is 5.91 Å². The van der Waals surface area contributed by atoms with Crippen LogP contribution in [0.1, 0.15) is 40.1 Å². The molecule has 15 nitrogen and oxygen atoms in total. The predicted octanol–water partition coefficient (Wildman–Crippen LogP) is 6.16. The van der Waals surface area contributed by atoms with E-state index in [4.69, 9.17) is 35.9 Å². The molecule has 0 saturated carbocycles. The highest BCUT2D eigenvalue weighted by Gasteiger charge is 2.39. The molecule has 1 fully saturated rings. The SMILES string of the molecule is Cc1oncc1C(=O)N1CC[C@H](CC(=O)Nc2ccc3cc2CCc2cncc(c2)Nc2ncc(Cl)c(n2)N3)C1.O=C(O)C(F)(F)F.O=C(O)C(F)(F)F. The van der Waals surface area contributed by atoms with Gasteiger partial charge in [0.15, 0.2) is 5.82 Å². The van der Waals surface area contributed by atoms with Crippen LogP contribution < -0.4 is 16.0 Å². The molecule has 0 radical (unpaired) electrons. The van der Waals surface area contributed by atoms with Crippen LogP contribution in [0.4, 0.5) is 55.2 Å². The number of carboxylic acid groups (broad SMARTS) is 2. The van der Waals surface area contributed by atoms with Crippen molar-refractivity contribution in [2.24, 2.45) is 5.92 Å². The Hall–Kier alpha value is -5.99. The minimum Gasteiger partial charge on any atom is -0.475 e. The number of fused-ring (bicyclic) bond motifs is 6. The number of aromatic nitrogens is 4. The molecule has 5 heterocycles. The summed E-state index contributed by atoms with van der Waals surface area (Å²) in [5.74, 6) is -4.27. The average molecular weight is 787 g/mol. The van der Waals surface area contributed by atoms with Gasteiger partial charge in [0.1, 0.15) is 16.3 Å². The smallest absolute Gasteiger partial charge is 0.475 e. The minimum atomic E-state index is -5.08. The van der Waals surface area contributed by atoms with Crippen LogP contribution in [0.3, 0.4) is 0 Å². The number of aliphatic carboxylic acids is 2. The average Bonchev–Trinajstić information content (AvgIpc) is 3.74. The monoisotopic (exact) mass is 786 g/mol. The third-order valence-electron chi connectivity index (χ3n) is 7.63. The third kappa shape index (κ3) is 11.5. The van der Waals surface area contributed by atoms with Gasteiger partial charge in [-0.1, -0.05) is 16.8 Å². The first-order valence-corrected chi connectivity index (χ1v) is 15.9. The molecule has 0 aliphatic carbocycles. The highest BCUT2D eigenvalue weighted by Crippen LogP contribution is 2.30. The molecule has 288 valence electrons. The summed E-state index contributed by atoms with van der Waals surface area (Å²) in [6.45, 7) is 2.84. The van der Waals surface area contributed by atoms with Gasteiger partial charge in [-0.05, 0) is 67.5 Å². The topological polar surface area (TPSA) is 213 Å². The molecule has 1 saturated heterocycles. The van der Waals surface area contributed by atoms with E-state index in [9.17, 15) is 35.9 Å². The van der Waals surface area contributed by atoms with Gasteiger partial charge in [0.05, 0.1) is 24.3 Å². The number of hydrogen-bond donors (Lipinski definition) is 5. The van der Waals surface area contributed by atoms with Crippen molar-refractivity contribution in [1.29, 1.82) is 0 Å². The number of aryl methyl sites for hydroxylation is 3. The molecule has 5 N–H and O–H groups in total. The number of halogens is 7. The third-order valence-corrected chi connectivity index (χ3v) is 7.91. The van der Waals surface area contributed by atoms with Crippen LogP contribution >= 0.6 is 11.6 Å². The molecule has 6 bridgehead atoms. The zero-order valence-corrected chi connectivity index (χ0v) is 28.5. The van der Waals surface area contributed by atoms with Gasteiger partial charge in [-0.25, -0.2) is 14.6 Å². The van der Waals surface area contributed by atoms with Gasteiger partial charge >= 0.3 is 24.3 Å². The van der Waals surface area contributed by atoms with Crippen molar-refractivity contribution in [3.8, 4) is 0 Å². The Bertz CT molecular complexity index is 1990. The van der Waals surface area contributed by atoms with Crippen molar-refractivity contribution in [2.45, 2.75) is 45.0 Å². The zero-order valence-electron chi connectivity index (χ0n) is 27.8. The van der Waals surface area contributed by atoms with Crippen LogP contribution in [-0.2, 0) is 27.2 Å². The molecule has 4 aromatic rings. The summed E-state index contributed by atoms with van der Waals surface area (Å²) in [4.78, 5) is 58.6. The molecule has 54 heavy (non-hydrogen) atoms. The summed E-state index contributed by atoms with van der Waals surface area (Å²) in [6, 6.07) is 7.76. The van der Waals surface area contributed by atoms with Crippen LogP contribution in [-0.4, -0.2) is 84.4 Å². The quantitative estimate of drug-likeness (QED) is 0.147. The van der Waals surface area contributed by atoms with E-state index in [2.05, 4.69) is 36.1 Å². The largest absolute Gasteiger partial charge is 0.490 e.